The molecule has 3 nitrogen and oxygen atoms in total. The van der Waals surface area contributed by atoms with Crippen molar-refractivity contribution >= 4 is 103 Å². The fourth-order valence-electron chi connectivity index (χ4n) is 7.84. The van der Waals surface area contributed by atoms with Crippen molar-refractivity contribution in [1.29, 1.82) is 0 Å². The maximum absolute atomic E-state index is 6.93. The van der Waals surface area contributed by atoms with Crippen LogP contribution in [0.5, 0.6) is 0 Å². The van der Waals surface area contributed by atoms with E-state index in [9.17, 15) is 0 Å². The molecule has 0 fully saturated rings. The Hall–Kier alpha value is -6.36. The monoisotopic (exact) mass is 657 g/mol. The molecule has 0 aliphatic carbocycles. The first-order valence-electron chi connectivity index (χ1n) is 16.8. The van der Waals surface area contributed by atoms with Crippen molar-refractivity contribution in [2.45, 2.75) is 0 Å². The molecule has 4 heteroatoms. The van der Waals surface area contributed by atoms with Crippen LogP contribution in [-0.2, 0) is 0 Å². The molecule has 0 N–H and O–H groups in total. The van der Waals surface area contributed by atoms with Crippen molar-refractivity contribution < 1.29 is 8.83 Å². The number of fused-ring (bicyclic) bond motifs is 11. The largest absolute Gasteiger partial charge is 0.456 e. The highest BCUT2D eigenvalue weighted by Gasteiger charge is 2.23. The minimum absolute atomic E-state index is 0.870. The Morgan fingerprint density at radius 2 is 1.08 bits per heavy atom. The third kappa shape index (κ3) is 3.97. The zero-order valence-corrected chi connectivity index (χ0v) is 27.6. The molecule has 8 aromatic carbocycles. The minimum atomic E-state index is 0.870. The lowest BCUT2D eigenvalue weighted by molar-refractivity contribution is 0.669. The number of furan rings is 2. The first kappa shape index (κ1) is 27.6. The Morgan fingerprint density at radius 3 is 2.00 bits per heavy atom. The number of hydrogen-bond acceptors (Lipinski definition) is 4. The smallest absolute Gasteiger partial charge is 0.159 e. The lowest BCUT2D eigenvalue weighted by Crippen LogP contribution is -2.10. The van der Waals surface area contributed by atoms with Gasteiger partial charge in [-0.2, -0.15) is 0 Å². The van der Waals surface area contributed by atoms with Gasteiger partial charge in [0.25, 0.3) is 0 Å². The summed E-state index contributed by atoms with van der Waals surface area (Å²) in [5.74, 6) is 0. The lowest BCUT2D eigenvalue weighted by atomic mass is 9.99. The zero-order chi connectivity index (χ0) is 32.8. The van der Waals surface area contributed by atoms with Crippen LogP contribution in [0.3, 0.4) is 0 Å². The van der Waals surface area contributed by atoms with E-state index in [1.165, 1.54) is 25.6 Å². The molecule has 11 rings (SSSR count). The Kier molecular flexibility index (Phi) is 5.83. The van der Waals surface area contributed by atoms with E-state index in [0.29, 0.717) is 0 Å². The van der Waals surface area contributed by atoms with Crippen LogP contribution in [-0.4, -0.2) is 0 Å². The predicted octanol–water partition coefficient (Wildman–Crippen LogP) is 14.1. The molecule has 0 spiro atoms. The number of para-hydroxylation sites is 2. The first-order chi connectivity index (χ1) is 24.8. The molecule has 0 aliphatic heterocycles. The number of rotatable bonds is 4. The number of hydrogen-bond donors (Lipinski definition) is 0. The van der Waals surface area contributed by atoms with Gasteiger partial charge in [0.2, 0.25) is 0 Å². The highest BCUT2D eigenvalue weighted by atomic mass is 32.1. The molecular formula is C46H27NO2S. The van der Waals surface area contributed by atoms with Crippen LogP contribution in [0, 0.1) is 0 Å². The van der Waals surface area contributed by atoms with Crippen molar-refractivity contribution in [3.8, 4) is 11.1 Å². The van der Waals surface area contributed by atoms with Crippen molar-refractivity contribution in [3.63, 3.8) is 0 Å². The van der Waals surface area contributed by atoms with Crippen LogP contribution in [0.2, 0.25) is 0 Å². The average Bonchev–Trinajstić information content (AvgIpc) is 3.87. The summed E-state index contributed by atoms with van der Waals surface area (Å²) in [7, 11) is 0. The summed E-state index contributed by atoms with van der Waals surface area (Å²) in [4.78, 5) is 2.38. The summed E-state index contributed by atoms with van der Waals surface area (Å²) >= 11 is 1.84. The quantitative estimate of drug-likeness (QED) is 0.189. The maximum atomic E-state index is 6.93. The second kappa shape index (κ2) is 10.6. The molecular weight excluding hydrogens is 631 g/mol. The van der Waals surface area contributed by atoms with Gasteiger partial charge in [-0.3, -0.25) is 0 Å². The number of thiophene rings is 1. The SMILES string of the molecule is c1ccc2c(c1)ccc1c3cccc(N(c4ccc(-c5cccc6oc7ccccc7c56)cc4)c4cccc5sc6ccccc6c45)c3oc21. The van der Waals surface area contributed by atoms with Gasteiger partial charge in [-0.05, 0) is 71.1 Å². The lowest BCUT2D eigenvalue weighted by Gasteiger charge is -2.26. The van der Waals surface area contributed by atoms with Gasteiger partial charge in [-0.1, -0.05) is 109 Å². The standard InChI is InChI=1S/C46H27NO2S/c1-2-11-32-28(10-1)24-27-34-33-15-7-17-38(46(33)49-45(32)34)47(37-16-9-21-42-44(37)36-13-4-6-20-41(36)50-42)30-25-22-29(23-26-30)31-14-8-19-40-43(31)35-12-3-5-18-39(35)48-40/h1-27H. The second-order valence-electron chi connectivity index (χ2n) is 12.8. The molecule has 0 bridgehead atoms. The van der Waals surface area contributed by atoms with Crippen LogP contribution in [0.25, 0.3) is 85.9 Å². The third-order valence-electron chi connectivity index (χ3n) is 10.1. The van der Waals surface area contributed by atoms with Gasteiger partial charge in [-0.15, -0.1) is 11.3 Å². The predicted molar refractivity (Wildman–Crippen MR) is 212 cm³/mol. The molecule has 0 aliphatic rings. The van der Waals surface area contributed by atoms with Crippen LogP contribution in [0.4, 0.5) is 17.1 Å². The summed E-state index contributed by atoms with van der Waals surface area (Å²) in [6.45, 7) is 0. The molecule has 3 aromatic heterocycles. The average molecular weight is 658 g/mol. The Morgan fingerprint density at radius 1 is 0.400 bits per heavy atom. The van der Waals surface area contributed by atoms with E-state index in [2.05, 4.69) is 157 Å². The van der Waals surface area contributed by atoms with Crippen molar-refractivity contribution in [1.82, 2.24) is 0 Å². The van der Waals surface area contributed by atoms with Crippen LogP contribution >= 0.6 is 11.3 Å². The molecule has 0 saturated carbocycles. The fourth-order valence-corrected chi connectivity index (χ4v) is 8.97. The summed E-state index contributed by atoms with van der Waals surface area (Å²) in [5.41, 5.74) is 9.05. The minimum Gasteiger partial charge on any atom is -0.456 e. The zero-order valence-electron chi connectivity index (χ0n) is 26.8. The fraction of sp³-hybridized carbons (Fsp3) is 0. The molecule has 0 unspecified atom stereocenters. The molecule has 0 amide bonds. The highest BCUT2D eigenvalue weighted by molar-refractivity contribution is 7.26. The Bertz CT molecular complexity index is 3110. The molecule has 234 valence electrons. The van der Waals surface area contributed by atoms with Gasteiger partial charge >= 0.3 is 0 Å². The molecule has 0 saturated heterocycles. The van der Waals surface area contributed by atoms with E-state index >= 15 is 0 Å². The highest BCUT2D eigenvalue weighted by Crippen LogP contribution is 2.48. The Balaban J connectivity index is 1.17. The Labute approximate surface area is 290 Å². The van der Waals surface area contributed by atoms with Crippen LogP contribution in [0.15, 0.2) is 173 Å². The maximum Gasteiger partial charge on any atom is 0.159 e. The molecule has 50 heavy (non-hydrogen) atoms. The van der Waals surface area contributed by atoms with Gasteiger partial charge in [0.1, 0.15) is 16.7 Å². The van der Waals surface area contributed by atoms with E-state index < -0.39 is 0 Å². The van der Waals surface area contributed by atoms with Crippen molar-refractivity contribution in [3.05, 3.63) is 164 Å². The van der Waals surface area contributed by atoms with E-state index in [4.69, 9.17) is 8.83 Å². The van der Waals surface area contributed by atoms with Gasteiger partial charge in [0.15, 0.2) is 5.58 Å². The number of anilines is 3. The van der Waals surface area contributed by atoms with Gasteiger partial charge < -0.3 is 13.7 Å². The van der Waals surface area contributed by atoms with Crippen LogP contribution < -0.4 is 4.90 Å². The first-order valence-corrected chi connectivity index (χ1v) is 17.7. The topological polar surface area (TPSA) is 29.5 Å². The van der Waals surface area contributed by atoms with Gasteiger partial charge in [-0.25, -0.2) is 0 Å². The normalized spacial score (nSPS) is 12.0. The molecule has 0 atom stereocenters. The van der Waals surface area contributed by atoms with Crippen LogP contribution in [0.1, 0.15) is 0 Å². The van der Waals surface area contributed by atoms with E-state index in [1.54, 1.807) is 0 Å². The van der Waals surface area contributed by atoms with E-state index in [-0.39, 0.29) is 0 Å². The molecule has 0 radical (unpaired) electrons. The molecule has 11 aromatic rings. The number of nitrogens with zero attached hydrogens (tertiary/aromatic N) is 1. The second-order valence-corrected chi connectivity index (χ2v) is 13.9. The van der Waals surface area contributed by atoms with Crippen molar-refractivity contribution in [2.24, 2.45) is 0 Å². The third-order valence-corrected chi connectivity index (χ3v) is 11.2. The summed E-state index contributed by atoms with van der Waals surface area (Å²) in [6, 6.07) is 58.3. The molecule has 3 heterocycles. The van der Waals surface area contributed by atoms with E-state index in [1.807, 2.05) is 23.5 Å². The number of benzene rings is 8. The summed E-state index contributed by atoms with van der Waals surface area (Å²) < 4.78 is 15.7. The summed E-state index contributed by atoms with van der Waals surface area (Å²) in [6.07, 6.45) is 0. The van der Waals surface area contributed by atoms with Gasteiger partial charge in [0.05, 0.1) is 11.4 Å². The summed E-state index contributed by atoms with van der Waals surface area (Å²) in [5, 5.41) is 9.28. The van der Waals surface area contributed by atoms with E-state index in [0.717, 1.165) is 77.5 Å². The van der Waals surface area contributed by atoms with Crippen molar-refractivity contribution in [2.75, 3.05) is 4.90 Å². The van der Waals surface area contributed by atoms with Gasteiger partial charge in [0, 0.05) is 52.8 Å².